The van der Waals surface area contributed by atoms with Crippen molar-refractivity contribution in [3.05, 3.63) is 0 Å². The first-order valence-corrected chi connectivity index (χ1v) is 21.3. The molecule has 2 heteroatoms. The Morgan fingerprint density at radius 2 is 0.514 bits per heavy atom. The molecule has 0 aliphatic heterocycles. The van der Waals surface area contributed by atoms with Crippen molar-refractivity contribution >= 4 is 15.8 Å². The van der Waals surface area contributed by atoms with Crippen LogP contribution < -0.4 is 0 Å². The fourth-order valence-electron chi connectivity index (χ4n) is 5.95. The van der Waals surface area contributed by atoms with E-state index in [1.54, 1.807) is 50.3 Å². The highest BCUT2D eigenvalue weighted by Crippen LogP contribution is 2.61. The molecule has 0 rings (SSSR count). The number of hydrogen-bond acceptors (Lipinski definition) is 0. The second kappa shape index (κ2) is 31.4. The van der Waals surface area contributed by atoms with Gasteiger partial charge in [-0.25, -0.2) is 0 Å². The Morgan fingerprint density at radius 3 is 0.730 bits per heavy atom. The normalized spacial score (nSPS) is 12.0. The van der Waals surface area contributed by atoms with E-state index in [0.717, 1.165) is 5.40 Å². The van der Waals surface area contributed by atoms with Crippen molar-refractivity contribution in [2.45, 2.75) is 201 Å². The summed E-state index contributed by atoms with van der Waals surface area (Å²) in [6, 6.07) is 0. The second-order valence-electron chi connectivity index (χ2n) is 12.0. The van der Waals surface area contributed by atoms with Crippen LogP contribution in [0.3, 0.4) is 0 Å². The van der Waals surface area contributed by atoms with Gasteiger partial charge in [-0.2, -0.15) is 0 Å². The first kappa shape index (κ1) is 37.9. The molecule has 0 aliphatic rings. The number of unbranched alkanes of at least 4 members (excludes halogenated alkanes) is 20. The summed E-state index contributed by atoms with van der Waals surface area (Å²) in [5, 5.41) is 1.13. The summed E-state index contributed by atoms with van der Waals surface area (Å²) in [6.45, 7) is 12.0. The van der Waals surface area contributed by atoms with E-state index < -0.39 is 0 Å². The predicted octanol–water partition coefficient (Wildman–Crippen LogP) is 14.1. The largest absolute Gasteiger partial charge is 0.0991 e. The quantitative estimate of drug-likeness (QED) is 0.0588. The molecule has 0 fully saturated rings. The van der Waals surface area contributed by atoms with Gasteiger partial charge < -0.3 is 0 Å². The summed E-state index contributed by atoms with van der Waals surface area (Å²) in [4.78, 5) is 0. The highest BCUT2D eigenvalue weighted by atomic mass is 31.2. The lowest BCUT2D eigenvalue weighted by Gasteiger charge is -2.35. The average Bonchev–Trinajstić information content (AvgIpc) is 2.91. The first-order valence-electron chi connectivity index (χ1n) is 17.7. The highest BCUT2D eigenvalue weighted by Gasteiger charge is 2.26. The van der Waals surface area contributed by atoms with E-state index in [1.165, 1.54) is 135 Å². The van der Waals surface area contributed by atoms with E-state index in [0.29, 0.717) is 0 Å². The maximum absolute atomic E-state index is 2.58. The van der Waals surface area contributed by atoms with Crippen molar-refractivity contribution in [3.8, 4) is 0 Å². The third-order valence-electron chi connectivity index (χ3n) is 8.40. The molecule has 0 saturated carbocycles. The van der Waals surface area contributed by atoms with Crippen molar-refractivity contribution in [3.63, 3.8) is 0 Å². The molecule has 0 heterocycles. The lowest BCUT2D eigenvalue weighted by atomic mass is 10.1. The minimum atomic E-state index is 0.256. The molecule has 37 heavy (non-hydrogen) atoms. The Hall–Kier alpha value is 0.860. The molecule has 0 spiro atoms. The van der Waals surface area contributed by atoms with Gasteiger partial charge in [0.2, 0.25) is 0 Å². The monoisotopic (exact) mass is 557 g/mol. The van der Waals surface area contributed by atoms with E-state index in [1.807, 2.05) is 0 Å². The lowest BCUT2D eigenvalue weighted by Crippen LogP contribution is -2.12. The second-order valence-corrected chi connectivity index (χ2v) is 17.8. The predicted molar refractivity (Wildman–Crippen MR) is 181 cm³/mol. The van der Waals surface area contributed by atoms with Crippen LogP contribution in [0.25, 0.3) is 0 Å². The van der Waals surface area contributed by atoms with Crippen molar-refractivity contribution in [2.24, 2.45) is 0 Å². The van der Waals surface area contributed by atoms with Crippen molar-refractivity contribution in [1.82, 2.24) is 0 Å². The zero-order chi connectivity index (χ0) is 27.2. The first-order chi connectivity index (χ1) is 18.2. The molecule has 0 amide bonds. The molecule has 0 aromatic heterocycles. The number of rotatable bonds is 31. The van der Waals surface area contributed by atoms with Crippen LogP contribution in [0.1, 0.15) is 195 Å². The standard InChI is InChI=1S/C35H74P2/c1-6-11-15-19-23-27-31-36(32-28-24-20-16-12-7-2)35(10-5)37(33-29-25-21-17-13-8-3)34-30-26-22-18-14-9-4/h35H,6-34H2,1-5H3. The van der Waals surface area contributed by atoms with Crippen LogP contribution in [-0.2, 0) is 0 Å². The minimum absolute atomic E-state index is 0.256. The van der Waals surface area contributed by atoms with Gasteiger partial charge >= 0.3 is 0 Å². The Morgan fingerprint density at radius 1 is 0.297 bits per heavy atom. The average molecular weight is 557 g/mol. The van der Waals surface area contributed by atoms with Crippen LogP contribution >= 0.6 is 15.8 Å². The zero-order valence-electron chi connectivity index (χ0n) is 27.0. The van der Waals surface area contributed by atoms with Crippen LogP contribution in [0, 0.1) is 0 Å². The maximum atomic E-state index is 2.58. The van der Waals surface area contributed by atoms with Crippen LogP contribution in [0.2, 0.25) is 0 Å². The highest BCUT2D eigenvalue weighted by molar-refractivity contribution is 7.75. The minimum Gasteiger partial charge on any atom is -0.0991 e. The van der Waals surface area contributed by atoms with Crippen molar-refractivity contribution in [1.29, 1.82) is 0 Å². The van der Waals surface area contributed by atoms with Gasteiger partial charge in [-0.3, -0.25) is 0 Å². The fraction of sp³-hybridized carbons (Fsp3) is 1.00. The smallest absolute Gasteiger partial charge is 0.000845 e. The van der Waals surface area contributed by atoms with E-state index in [2.05, 4.69) is 34.6 Å². The van der Waals surface area contributed by atoms with Gasteiger partial charge in [0.25, 0.3) is 0 Å². The van der Waals surface area contributed by atoms with Crippen LogP contribution in [0.15, 0.2) is 0 Å². The van der Waals surface area contributed by atoms with Gasteiger partial charge in [-0.15, -0.1) is 0 Å². The molecule has 0 atom stereocenters. The van der Waals surface area contributed by atoms with E-state index in [9.17, 15) is 0 Å². The molecule has 0 radical (unpaired) electrons. The lowest BCUT2D eigenvalue weighted by molar-refractivity contribution is 0.620. The number of hydrogen-bond donors (Lipinski definition) is 0. The third-order valence-corrected chi connectivity index (χ3v) is 16.3. The SMILES string of the molecule is CCCCCCCCP(CCCCCCCC)C(CC)P(CCCCCCCC)CCCCCCCC. The summed E-state index contributed by atoms with van der Waals surface area (Å²) in [5.74, 6) is 0. The Kier molecular flexibility index (Phi) is 32.1. The molecule has 224 valence electrons. The van der Waals surface area contributed by atoms with Gasteiger partial charge in [0, 0.05) is 0 Å². The molecule has 0 nitrogen and oxygen atoms in total. The molecule has 0 aromatic rings. The summed E-state index contributed by atoms with van der Waals surface area (Å²) >= 11 is 0. The van der Waals surface area contributed by atoms with E-state index in [-0.39, 0.29) is 15.8 Å². The molecule has 0 aliphatic carbocycles. The molecule has 0 unspecified atom stereocenters. The summed E-state index contributed by atoms with van der Waals surface area (Å²) in [7, 11) is 0.512. The van der Waals surface area contributed by atoms with Crippen molar-refractivity contribution < 1.29 is 0 Å². The Bertz CT molecular complexity index is 342. The van der Waals surface area contributed by atoms with Crippen molar-refractivity contribution in [2.75, 3.05) is 24.6 Å². The topological polar surface area (TPSA) is 0 Å². The molecular weight excluding hydrogens is 482 g/mol. The molecule has 0 bridgehead atoms. The van der Waals surface area contributed by atoms with Gasteiger partial charge in [0.05, 0.1) is 0 Å². The van der Waals surface area contributed by atoms with Crippen LogP contribution in [0.4, 0.5) is 0 Å². The maximum Gasteiger partial charge on any atom is -0.000845 e. The Balaban J connectivity index is 4.99. The summed E-state index contributed by atoms with van der Waals surface area (Å²) in [6.07, 6.45) is 43.4. The van der Waals surface area contributed by atoms with Crippen LogP contribution in [-0.4, -0.2) is 30.0 Å². The van der Waals surface area contributed by atoms with E-state index in [4.69, 9.17) is 0 Å². The summed E-state index contributed by atoms with van der Waals surface area (Å²) in [5.41, 5.74) is 0. The zero-order valence-corrected chi connectivity index (χ0v) is 28.8. The van der Waals surface area contributed by atoms with E-state index >= 15 is 0 Å². The molecule has 0 aromatic carbocycles. The Labute approximate surface area is 240 Å². The van der Waals surface area contributed by atoms with Gasteiger partial charge in [0.15, 0.2) is 0 Å². The molecule has 0 N–H and O–H groups in total. The summed E-state index contributed by atoms with van der Waals surface area (Å²) < 4.78 is 0. The molecular formula is C35H74P2. The van der Waals surface area contributed by atoms with Crippen LogP contribution in [0.5, 0.6) is 0 Å². The van der Waals surface area contributed by atoms with Gasteiger partial charge in [-0.05, 0) is 62.2 Å². The van der Waals surface area contributed by atoms with Gasteiger partial charge in [0.1, 0.15) is 0 Å². The fourth-order valence-corrected chi connectivity index (χ4v) is 14.4. The third kappa shape index (κ3) is 24.4. The van der Waals surface area contributed by atoms with Gasteiger partial charge in [-0.1, -0.05) is 179 Å². The molecule has 0 saturated heterocycles.